The normalized spacial score (nSPS) is 24.3. The molecule has 3 N–H and O–H groups in total. The smallest absolute Gasteiger partial charge is 0.313 e. The van der Waals surface area contributed by atoms with Crippen LogP contribution < -0.4 is 5.32 Å². The number of carboxylic acid groups (broad SMARTS) is 1. The molecule has 0 radical (unpaired) electrons. The molecule has 0 aliphatic carbocycles. The van der Waals surface area contributed by atoms with E-state index in [0.29, 0.717) is 17.7 Å². The lowest BCUT2D eigenvalue weighted by Crippen LogP contribution is -2.58. The largest absolute Gasteiger partial charge is 0.481 e. The number of amides is 1. The van der Waals surface area contributed by atoms with Gasteiger partial charge in [-0.3, -0.25) is 9.59 Å². The van der Waals surface area contributed by atoms with Crippen LogP contribution in [0.4, 0.5) is 5.69 Å². The molecule has 31 heavy (non-hydrogen) atoms. The predicted octanol–water partition coefficient (Wildman–Crippen LogP) is 1.64. The minimum Gasteiger partial charge on any atom is -0.481 e. The van der Waals surface area contributed by atoms with Crippen molar-refractivity contribution in [2.45, 2.75) is 36.7 Å². The number of nitrogens with one attached hydrogen (secondary N) is 1. The van der Waals surface area contributed by atoms with Crippen molar-refractivity contribution in [3.8, 4) is 0 Å². The lowest BCUT2D eigenvalue weighted by molar-refractivity contribution is -0.160. The van der Waals surface area contributed by atoms with Crippen LogP contribution in [0.5, 0.6) is 0 Å². The van der Waals surface area contributed by atoms with Gasteiger partial charge >= 0.3 is 5.97 Å². The second-order valence-electron chi connectivity index (χ2n) is 8.13. The number of carboxylic acids is 1. The molecule has 0 spiro atoms. The van der Waals surface area contributed by atoms with E-state index < -0.39 is 27.5 Å². The molecule has 2 aromatic rings. The first-order chi connectivity index (χ1) is 14.7. The summed E-state index contributed by atoms with van der Waals surface area (Å²) in [5, 5.41) is 23.4. The summed E-state index contributed by atoms with van der Waals surface area (Å²) in [6, 6.07) is 13.4. The third-order valence-electron chi connectivity index (χ3n) is 6.15. The van der Waals surface area contributed by atoms with Crippen molar-refractivity contribution in [1.82, 2.24) is 4.31 Å². The Kier molecular flexibility index (Phi) is 5.59. The summed E-state index contributed by atoms with van der Waals surface area (Å²) in [4.78, 5) is 23.9. The maximum absolute atomic E-state index is 13.4. The highest BCUT2D eigenvalue weighted by Gasteiger charge is 2.51. The van der Waals surface area contributed by atoms with Crippen LogP contribution in [0.1, 0.15) is 24.0 Å². The van der Waals surface area contributed by atoms with Gasteiger partial charge in [-0.2, -0.15) is 4.31 Å². The quantitative estimate of drug-likeness (QED) is 0.644. The minimum atomic E-state index is -3.98. The Morgan fingerprint density at radius 1 is 1.16 bits per heavy atom. The third-order valence-corrected chi connectivity index (χ3v) is 7.99. The first kappa shape index (κ1) is 21.5. The molecule has 0 aromatic heterocycles. The molecule has 9 heteroatoms. The van der Waals surface area contributed by atoms with Gasteiger partial charge in [0.2, 0.25) is 15.9 Å². The first-order valence-corrected chi connectivity index (χ1v) is 11.5. The molecule has 1 saturated heterocycles. The zero-order chi connectivity index (χ0) is 22.2. The molecule has 0 saturated carbocycles. The molecular formula is C22H24N2O6S. The monoisotopic (exact) mass is 444 g/mol. The van der Waals surface area contributed by atoms with Crippen molar-refractivity contribution in [1.29, 1.82) is 0 Å². The van der Waals surface area contributed by atoms with E-state index in [0.717, 1.165) is 9.87 Å². The molecule has 2 heterocycles. The summed E-state index contributed by atoms with van der Waals surface area (Å²) in [6.07, 6.45) is -0.399. The number of carbonyl (C=O) groups excluding carboxylic acids is 1. The number of aliphatic carboxylic acids is 1. The Balaban J connectivity index is 1.66. The van der Waals surface area contributed by atoms with E-state index in [1.807, 2.05) is 6.07 Å². The zero-order valence-electron chi connectivity index (χ0n) is 16.8. The number of anilines is 1. The second-order valence-corrected chi connectivity index (χ2v) is 10.1. The molecule has 8 nitrogen and oxygen atoms in total. The molecule has 1 fully saturated rings. The Hall–Kier alpha value is -2.75. The third kappa shape index (κ3) is 3.96. The van der Waals surface area contributed by atoms with Crippen molar-refractivity contribution in [3.63, 3.8) is 0 Å². The lowest BCUT2D eigenvalue weighted by Gasteiger charge is -2.42. The van der Waals surface area contributed by atoms with Crippen LogP contribution >= 0.6 is 0 Å². The van der Waals surface area contributed by atoms with Gasteiger partial charge in [-0.1, -0.05) is 30.3 Å². The number of aliphatic hydroxyl groups excluding tert-OH is 1. The number of hydrogen-bond donors (Lipinski definition) is 3. The predicted molar refractivity (Wildman–Crippen MR) is 113 cm³/mol. The average Bonchev–Trinajstić information content (AvgIpc) is 2.75. The summed E-state index contributed by atoms with van der Waals surface area (Å²) >= 11 is 0. The van der Waals surface area contributed by atoms with Gasteiger partial charge in [-0.25, -0.2) is 8.42 Å². The number of piperidine rings is 1. The van der Waals surface area contributed by atoms with Crippen molar-refractivity contribution >= 4 is 27.6 Å². The minimum absolute atomic E-state index is 0.0204. The number of fused-ring (bicyclic) bond motifs is 1. The van der Waals surface area contributed by atoms with E-state index in [9.17, 15) is 28.2 Å². The number of benzene rings is 2. The number of aryl methyl sites for hydroxylation is 1. The van der Waals surface area contributed by atoms with Crippen LogP contribution in [-0.4, -0.2) is 54.0 Å². The number of nitrogens with zero attached hydrogens (tertiary/aromatic N) is 1. The van der Waals surface area contributed by atoms with Gasteiger partial charge in [0.25, 0.3) is 0 Å². The first-order valence-electron chi connectivity index (χ1n) is 10.1. The van der Waals surface area contributed by atoms with E-state index in [4.69, 9.17) is 0 Å². The highest BCUT2D eigenvalue weighted by Crippen LogP contribution is 2.37. The number of rotatable bonds is 5. The number of hydrogen-bond acceptors (Lipinski definition) is 5. The number of aliphatic hydroxyl groups is 1. The van der Waals surface area contributed by atoms with E-state index in [1.54, 1.807) is 30.3 Å². The Bertz CT molecular complexity index is 1120. The van der Waals surface area contributed by atoms with Crippen molar-refractivity contribution in [2.24, 2.45) is 5.41 Å². The summed E-state index contributed by atoms with van der Waals surface area (Å²) in [5.74, 6) is -1.34. The van der Waals surface area contributed by atoms with E-state index in [1.165, 1.54) is 12.1 Å². The molecule has 0 unspecified atom stereocenters. The maximum Gasteiger partial charge on any atom is 0.313 e. The van der Waals surface area contributed by atoms with Gasteiger partial charge in [0.1, 0.15) is 5.41 Å². The van der Waals surface area contributed by atoms with Crippen molar-refractivity contribution in [3.05, 3.63) is 59.7 Å². The molecule has 164 valence electrons. The zero-order valence-corrected chi connectivity index (χ0v) is 17.6. The lowest BCUT2D eigenvalue weighted by atomic mass is 9.73. The van der Waals surface area contributed by atoms with Crippen LogP contribution in [0.15, 0.2) is 53.4 Å². The van der Waals surface area contributed by atoms with Gasteiger partial charge in [0.05, 0.1) is 11.0 Å². The van der Waals surface area contributed by atoms with Crippen LogP contribution in [0.25, 0.3) is 0 Å². The Labute approximate surface area is 180 Å². The molecule has 1 amide bonds. The van der Waals surface area contributed by atoms with Crippen molar-refractivity contribution in [2.75, 3.05) is 18.4 Å². The van der Waals surface area contributed by atoms with E-state index >= 15 is 0 Å². The van der Waals surface area contributed by atoms with E-state index in [-0.39, 0.29) is 43.2 Å². The topological polar surface area (TPSA) is 124 Å². The molecule has 2 aromatic carbocycles. The van der Waals surface area contributed by atoms with Crippen LogP contribution in [0, 0.1) is 5.41 Å². The number of carbonyl (C=O) groups is 2. The molecule has 2 atom stereocenters. The standard InChI is InChI=1S/C22H24N2O6S/c25-19-10-11-24(14-22(19,21(27)28)13-15-4-2-1-3-5-15)31(29,30)17-7-8-18-16(12-17)6-9-20(26)23-18/h1-5,7-8,12,19,25H,6,9-11,13-14H2,(H,23,26)(H,27,28)/t19-,22-/m0/s1. The molecular weight excluding hydrogens is 420 g/mol. The molecule has 0 bridgehead atoms. The Morgan fingerprint density at radius 2 is 1.90 bits per heavy atom. The summed E-state index contributed by atoms with van der Waals surface area (Å²) in [7, 11) is -3.98. The summed E-state index contributed by atoms with van der Waals surface area (Å²) in [6.45, 7) is -0.296. The summed E-state index contributed by atoms with van der Waals surface area (Å²) in [5.41, 5.74) is 0.391. The van der Waals surface area contributed by atoms with Crippen LogP contribution in [0.2, 0.25) is 0 Å². The van der Waals surface area contributed by atoms with Crippen molar-refractivity contribution < 1.29 is 28.2 Å². The van der Waals surface area contributed by atoms with Gasteiger partial charge in [0, 0.05) is 25.2 Å². The van der Waals surface area contributed by atoms with Gasteiger partial charge in [-0.15, -0.1) is 0 Å². The highest BCUT2D eigenvalue weighted by atomic mass is 32.2. The fourth-order valence-electron chi connectivity index (χ4n) is 4.34. The molecule has 2 aliphatic rings. The Morgan fingerprint density at radius 3 is 2.61 bits per heavy atom. The molecule has 4 rings (SSSR count). The van der Waals surface area contributed by atoms with E-state index in [2.05, 4.69) is 5.32 Å². The highest BCUT2D eigenvalue weighted by molar-refractivity contribution is 7.89. The number of sulfonamides is 1. The second kappa shape index (κ2) is 8.07. The van der Waals surface area contributed by atoms with Gasteiger partial charge < -0.3 is 15.5 Å². The van der Waals surface area contributed by atoms with Crippen LogP contribution in [-0.2, 0) is 32.5 Å². The summed E-state index contributed by atoms with van der Waals surface area (Å²) < 4.78 is 27.9. The van der Waals surface area contributed by atoms with Gasteiger partial charge in [0.15, 0.2) is 0 Å². The average molecular weight is 445 g/mol. The van der Waals surface area contributed by atoms with Crippen LogP contribution in [0.3, 0.4) is 0 Å². The molecule has 2 aliphatic heterocycles. The fourth-order valence-corrected chi connectivity index (χ4v) is 5.91. The van der Waals surface area contributed by atoms with Gasteiger partial charge in [-0.05, 0) is 48.6 Å². The maximum atomic E-state index is 13.4. The SMILES string of the molecule is O=C1CCc2cc(S(=O)(=O)N3CC[C@H](O)[C@@](Cc4ccccc4)(C(=O)O)C3)ccc2N1. The fraction of sp³-hybridized carbons (Fsp3) is 0.364.